The zero-order valence-corrected chi connectivity index (χ0v) is 9.74. The summed E-state index contributed by atoms with van der Waals surface area (Å²) in [6.45, 7) is 1.90. The standard InChI is InChI=1S/C8H17NO3S2/c9-3-4-12-5-7-14-13-6-1-2-8(10)11/h1-7,9H2,(H,10,11). The number of carbonyl (C=O) groups is 1. The van der Waals surface area contributed by atoms with Gasteiger partial charge in [-0.15, -0.1) is 0 Å². The maximum absolute atomic E-state index is 10.2. The maximum atomic E-state index is 10.2. The second kappa shape index (κ2) is 11.2. The lowest BCUT2D eigenvalue weighted by Crippen LogP contribution is -2.09. The molecule has 84 valence electrons. The number of carboxylic acids is 1. The van der Waals surface area contributed by atoms with Crippen molar-refractivity contribution in [2.24, 2.45) is 5.73 Å². The van der Waals surface area contributed by atoms with E-state index in [0.717, 1.165) is 17.9 Å². The fourth-order valence-corrected chi connectivity index (χ4v) is 2.63. The van der Waals surface area contributed by atoms with E-state index in [1.807, 2.05) is 0 Å². The average molecular weight is 239 g/mol. The Balaban J connectivity index is 2.88. The van der Waals surface area contributed by atoms with Crippen molar-refractivity contribution in [3.05, 3.63) is 0 Å². The average Bonchev–Trinajstić information content (AvgIpc) is 2.15. The Morgan fingerprint density at radius 1 is 1.29 bits per heavy atom. The third-order valence-electron chi connectivity index (χ3n) is 1.27. The number of ether oxygens (including phenoxy) is 1. The van der Waals surface area contributed by atoms with Gasteiger partial charge < -0.3 is 15.6 Å². The molecule has 0 spiro atoms. The van der Waals surface area contributed by atoms with Crippen LogP contribution in [-0.2, 0) is 9.53 Å². The predicted octanol–water partition coefficient (Wildman–Crippen LogP) is 1.21. The fraction of sp³-hybridized carbons (Fsp3) is 0.875. The molecule has 0 aromatic heterocycles. The molecule has 0 heterocycles. The van der Waals surface area contributed by atoms with Crippen LogP contribution in [0.1, 0.15) is 12.8 Å². The molecule has 3 N–H and O–H groups in total. The lowest BCUT2D eigenvalue weighted by Gasteiger charge is -2.01. The van der Waals surface area contributed by atoms with E-state index in [1.165, 1.54) is 0 Å². The number of hydrogen-bond donors (Lipinski definition) is 2. The predicted molar refractivity (Wildman–Crippen MR) is 61.7 cm³/mol. The quantitative estimate of drug-likeness (QED) is 0.441. The van der Waals surface area contributed by atoms with Crippen molar-refractivity contribution in [2.45, 2.75) is 12.8 Å². The lowest BCUT2D eigenvalue weighted by molar-refractivity contribution is -0.137. The van der Waals surface area contributed by atoms with Crippen molar-refractivity contribution in [1.29, 1.82) is 0 Å². The van der Waals surface area contributed by atoms with Gasteiger partial charge in [0.25, 0.3) is 0 Å². The summed E-state index contributed by atoms with van der Waals surface area (Å²) in [6.07, 6.45) is 0.994. The first-order chi connectivity index (χ1) is 6.77. The molecule has 0 unspecified atom stereocenters. The van der Waals surface area contributed by atoms with Crippen molar-refractivity contribution >= 4 is 27.6 Å². The van der Waals surface area contributed by atoms with E-state index in [1.54, 1.807) is 21.6 Å². The molecule has 0 radical (unpaired) electrons. The summed E-state index contributed by atoms with van der Waals surface area (Å²) >= 11 is 0. The lowest BCUT2D eigenvalue weighted by atomic mass is 10.3. The summed E-state index contributed by atoms with van der Waals surface area (Å²) in [4.78, 5) is 10.2. The molecule has 0 aliphatic carbocycles. The van der Waals surface area contributed by atoms with Crippen LogP contribution < -0.4 is 5.73 Å². The number of hydrogen-bond acceptors (Lipinski definition) is 5. The number of aliphatic carboxylic acids is 1. The summed E-state index contributed by atoms with van der Waals surface area (Å²) in [6, 6.07) is 0. The normalized spacial score (nSPS) is 10.4. The summed E-state index contributed by atoms with van der Waals surface area (Å²) in [5.41, 5.74) is 5.24. The maximum Gasteiger partial charge on any atom is 0.303 e. The monoisotopic (exact) mass is 239 g/mol. The molecular weight excluding hydrogens is 222 g/mol. The highest BCUT2D eigenvalue weighted by molar-refractivity contribution is 8.76. The van der Waals surface area contributed by atoms with Gasteiger partial charge in [-0.05, 0) is 6.42 Å². The second-order valence-corrected chi connectivity index (χ2v) is 5.24. The van der Waals surface area contributed by atoms with E-state index in [0.29, 0.717) is 19.8 Å². The first-order valence-electron chi connectivity index (χ1n) is 4.51. The number of rotatable bonds is 10. The van der Waals surface area contributed by atoms with Gasteiger partial charge in [-0.25, -0.2) is 0 Å². The first kappa shape index (κ1) is 14.1. The van der Waals surface area contributed by atoms with E-state index in [2.05, 4.69) is 0 Å². The highest BCUT2D eigenvalue weighted by atomic mass is 33.1. The Morgan fingerprint density at radius 2 is 2.00 bits per heavy atom. The van der Waals surface area contributed by atoms with Gasteiger partial charge in [0.05, 0.1) is 13.2 Å². The molecule has 0 aliphatic heterocycles. The van der Waals surface area contributed by atoms with Crippen molar-refractivity contribution < 1.29 is 14.6 Å². The Kier molecular flexibility index (Phi) is 11.2. The third kappa shape index (κ3) is 12.1. The summed E-state index contributed by atoms with van der Waals surface area (Å²) in [7, 11) is 3.41. The molecule has 0 bridgehead atoms. The molecule has 0 amide bonds. The zero-order valence-electron chi connectivity index (χ0n) is 8.11. The molecule has 4 nitrogen and oxygen atoms in total. The number of nitrogens with two attached hydrogens (primary N) is 1. The van der Waals surface area contributed by atoms with Gasteiger partial charge in [0.15, 0.2) is 0 Å². The van der Waals surface area contributed by atoms with Crippen LogP contribution in [0.5, 0.6) is 0 Å². The molecule has 0 aliphatic rings. The van der Waals surface area contributed by atoms with Gasteiger partial charge in [-0.2, -0.15) is 0 Å². The topological polar surface area (TPSA) is 72.5 Å². The second-order valence-electron chi connectivity index (χ2n) is 2.54. The van der Waals surface area contributed by atoms with Crippen LogP contribution in [0, 0.1) is 0 Å². The first-order valence-corrected chi connectivity index (χ1v) is 7.00. The van der Waals surface area contributed by atoms with Crippen LogP contribution in [0.2, 0.25) is 0 Å². The molecule has 0 aromatic rings. The SMILES string of the molecule is NCCOCCSSCCCC(=O)O. The Hall–Kier alpha value is 0.0900. The van der Waals surface area contributed by atoms with Crippen LogP contribution in [0.3, 0.4) is 0 Å². The van der Waals surface area contributed by atoms with Crippen LogP contribution >= 0.6 is 21.6 Å². The van der Waals surface area contributed by atoms with Gasteiger partial charge >= 0.3 is 5.97 Å². The van der Waals surface area contributed by atoms with Crippen LogP contribution in [-0.4, -0.2) is 42.3 Å². The van der Waals surface area contributed by atoms with E-state index >= 15 is 0 Å². The molecule has 0 aromatic carbocycles. The molecule has 6 heteroatoms. The van der Waals surface area contributed by atoms with Crippen LogP contribution in [0.15, 0.2) is 0 Å². The Morgan fingerprint density at radius 3 is 2.64 bits per heavy atom. The van der Waals surface area contributed by atoms with Crippen molar-refractivity contribution in [3.63, 3.8) is 0 Å². The van der Waals surface area contributed by atoms with Gasteiger partial charge in [0.2, 0.25) is 0 Å². The molecule has 0 saturated carbocycles. The van der Waals surface area contributed by atoms with E-state index < -0.39 is 5.97 Å². The molecule has 14 heavy (non-hydrogen) atoms. The minimum atomic E-state index is -0.720. The van der Waals surface area contributed by atoms with Crippen molar-refractivity contribution in [1.82, 2.24) is 0 Å². The summed E-state index contributed by atoms with van der Waals surface area (Å²) in [5, 5.41) is 8.37. The van der Waals surface area contributed by atoms with Crippen molar-refractivity contribution in [2.75, 3.05) is 31.3 Å². The molecule has 0 saturated heterocycles. The highest BCUT2D eigenvalue weighted by Crippen LogP contribution is 2.21. The summed E-state index contributed by atoms with van der Waals surface area (Å²) < 4.78 is 5.17. The third-order valence-corrected chi connectivity index (χ3v) is 3.73. The Labute approximate surface area is 92.3 Å². The van der Waals surface area contributed by atoms with E-state index in [9.17, 15) is 4.79 Å². The summed E-state index contributed by atoms with van der Waals surface area (Å²) in [5.74, 6) is 1.09. The minimum Gasteiger partial charge on any atom is -0.481 e. The van der Waals surface area contributed by atoms with Crippen LogP contribution in [0.25, 0.3) is 0 Å². The molecule has 0 atom stereocenters. The number of carboxylic acid groups (broad SMARTS) is 1. The smallest absolute Gasteiger partial charge is 0.303 e. The van der Waals surface area contributed by atoms with Gasteiger partial charge in [0, 0.05) is 24.5 Å². The van der Waals surface area contributed by atoms with Crippen molar-refractivity contribution in [3.8, 4) is 0 Å². The van der Waals surface area contributed by atoms with Gasteiger partial charge in [-0.1, -0.05) is 21.6 Å². The largest absolute Gasteiger partial charge is 0.481 e. The minimum absolute atomic E-state index is 0.261. The molecular formula is C8H17NO3S2. The fourth-order valence-electron chi connectivity index (χ4n) is 0.679. The Bertz CT molecular complexity index is 147. The highest BCUT2D eigenvalue weighted by Gasteiger charge is 1.96. The van der Waals surface area contributed by atoms with Gasteiger partial charge in [-0.3, -0.25) is 4.79 Å². The zero-order chi connectivity index (χ0) is 10.6. The van der Waals surface area contributed by atoms with Crippen LogP contribution in [0.4, 0.5) is 0 Å². The van der Waals surface area contributed by atoms with E-state index in [-0.39, 0.29) is 6.42 Å². The molecule has 0 rings (SSSR count). The van der Waals surface area contributed by atoms with E-state index in [4.69, 9.17) is 15.6 Å². The van der Waals surface area contributed by atoms with Gasteiger partial charge in [0.1, 0.15) is 0 Å². The molecule has 0 fully saturated rings.